The number of ketones is 1. The molecule has 2 N–H and O–H groups in total. The Morgan fingerprint density at radius 3 is 3.07 bits per heavy atom. The lowest BCUT2D eigenvalue weighted by Crippen LogP contribution is -2.22. The maximum atomic E-state index is 11.8. The predicted molar refractivity (Wildman–Crippen MR) is 53.8 cm³/mol. The summed E-state index contributed by atoms with van der Waals surface area (Å²) in [6.07, 6.45) is 5.88. The van der Waals surface area contributed by atoms with Crippen LogP contribution in [-0.4, -0.2) is 22.2 Å². The molecule has 0 fully saturated rings. The molecular formula is C10H13N3O2. The van der Waals surface area contributed by atoms with Gasteiger partial charge >= 0.3 is 0 Å². The minimum absolute atomic E-state index is 0.180. The number of rotatable bonds is 3. The molecule has 0 bridgehead atoms. The van der Waals surface area contributed by atoms with Gasteiger partial charge in [0.1, 0.15) is 6.04 Å². The minimum Gasteiger partial charge on any atom is -0.490 e. The smallest absolute Gasteiger partial charge is 0.218 e. The number of ether oxygens (including phenoxy) is 1. The Labute approximate surface area is 87.5 Å². The molecule has 1 unspecified atom stereocenters. The van der Waals surface area contributed by atoms with Gasteiger partial charge < -0.3 is 10.5 Å². The lowest BCUT2D eigenvalue weighted by atomic mass is 10.1. The van der Waals surface area contributed by atoms with Crippen molar-refractivity contribution in [1.82, 2.24) is 9.78 Å². The molecule has 0 saturated carbocycles. The number of nitrogens with two attached hydrogens (primary N) is 1. The highest BCUT2D eigenvalue weighted by Crippen LogP contribution is 2.18. The standard InChI is InChI=1S/C10H13N3O2/c1-13-6-7(5-12-13)9(11)10(14)8-3-2-4-15-8/h3,5-6,9H,2,4,11H2,1H3. The summed E-state index contributed by atoms with van der Waals surface area (Å²) in [5, 5.41) is 3.97. The maximum Gasteiger partial charge on any atom is 0.218 e. The van der Waals surface area contributed by atoms with Crippen LogP contribution in [-0.2, 0) is 16.6 Å². The van der Waals surface area contributed by atoms with Gasteiger partial charge in [-0.3, -0.25) is 9.48 Å². The second kappa shape index (κ2) is 3.86. The Morgan fingerprint density at radius 1 is 1.73 bits per heavy atom. The molecule has 0 radical (unpaired) electrons. The molecule has 0 amide bonds. The molecule has 0 aliphatic carbocycles. The lowest BCUT2D eigenvalue weighted by molar-refractivity contribution is -0.119. The van der Waals surface area contributed by atoms with Gasteiger partial charge in [0.2, 0.25) is 5.78 Å². The van der Waals surface area contributed by atoms with E-state index >= 15 is 0 Å². The van der Waals surface area contributed by atoms with Crippen molar-refractivity contribution in [2.45, 2.75) is 12.5 Å². The highest BCUT2D eigenvalue weighted by molar-refractivity contribution is 5.98. The second-order valence-corrected chi connectivity index (χ2v) is 3.49. The van der Waals surface area contributed by atoms with E-state index in [1.807, 2.05) is 0 Å². The molecule has 1 aliphatic rings. The van der Waals surface area contributed by atoms with Crippen molar-refractivity contribution in [3.05, 3.63) is 29.8 Å². The molecular weight excluding hydrogens is 194 g/mol. The predicted octanol–water partition coefficient (Wildman–Crippen LogP) is 0.293. The van der Waals surface area contributed by atoms with E-state index in [1.165, 1.54) is 0 Å². The van der Waals surface area contributed by atoms with Gasteiger partial charge in [-0.25, -0.2) is 0 Å². The summed E-state index contributed by atoms with van der Waals surface area (Å²) in [6.45, 7) is 0.570. The zero-order valence-electron chi connectivity index (χ0n) is 8.51. The van der Waals surface area contributed by atoms with Gasteiger partial charge in [-0.05, 0) is 6.08 Å². The van der Waals surface area contributed by atoms with Crippen molar-refractivity contribution in [2.24, 2.45) is 12.8 Å². The van der Waals surface area contributed by atoms with Gasteiger partial charge in [-0.1, -0.05) is 0 Å². The number of nitrogens with zero attached hydrogens (tertiary/aromatic N) is 2. The van der Waals surface area contributed by atoms with E-state index in [0.29, 0.717) is 17.9 Å². The highest BCUT2D eigenvalue weighted by atomic mass is 16.5. The van der Waals surface area contributed by atoms with E-state index in [2.05, 4.69) is 5.10 Å². The van der Waals surface area contributed by atoms with Crippen LogP contribution in [0.2, 0.25) is 0 Å². The topological polar surface area (TPSA) is 70.1 Å². The molecule has 1 aromatic heterocycles. The van der Waals surface area contributed by atoms with Crippen LogP contribution in [0.4, 0.5) is 0 Å². The Kier molecular flexibility index (Phi) is 2.55. The summed E-state index contributed by atoms with van der Waals surface area (Å²) in [6, 6.07) is -0.678. The molecule has 1 aromatic rings. The van der Waals surface area contributed by atoms with Crippen molar-refractivity contribution in [2.75, 3.05) is 6.61 Å². The van der Waals surface area contributed by atoms with Gasteiger partial charge in [0, 0.05) is 25.2 Å². The maximum absolute atomic E-state index is 11.8. The molecule has 0 spiro atoms. The molecule has 15 heavy (non-hydrogen) atoms. The average Bonchev–Trinajstić information content (AvgIpc) is 2.85. The third kappa shape index (κ3) is 1.92. The number of carbonyl (C=O) groups is 1. The Bertz CT molecular complexity index is 409. The molecule has 0 aromatic carbocycles. The largest absolute Gasteiger partial charge is 0.490 e. The second-order valence-electron chi connectivity index (χ2n) is 3.49. The van der Waals surface area contributed by atoms with Crippen LogP contribution in [0.3, 0.4) is 0 Å². The van der Waals surface area contributed by atoms with Crippen molar-refractivity contribution >= 4 is 5.78 Å². The lowest BCUT2D eigenvalue weighted by Gasteiger charge is -2.08. The summed E-state index contributed by atoms with van der Waals surface area (Å²) in [7, 11) is 1.78. The number of aryl methyl sites for hydroxylation is 1. The van der Waals surface area contributed by atoms with Crippen LogP contribution >= 0.6 is 0 Å². The highest BCUT2D eigenvalue weighted by Gasteiger charge is 2.24. The Hall–Kier alpha value is -1.62. The first-order valence-corrected chi connectivity index (χ1v) is 4.80. The normalized spacial score (nSPS) is 17.1. The average molecular weight is 207 g/mol. The molecule has 5 heteroatoms. The van der Waals surface area contributed by atoms with Crippen molar-refractivity contribution < 1.29 is 9.53 Å². The summed E-state index contributed by atoms with van der Waals surface area (Å²) < 4.78 is 6.79. The van der Waals surface area contributed by atoms with E-state index in [-0.39, 0.29) is 5.78 Å². The first kappa shape index (κ1) is 9.92. The third-order valence-corrected chi connectivity index (χ3v) is 2.31. The first-order valence-electron chi connectivity index (χ1n) is 4.80. The first-order chi connectivity index (χ1) is 7.18. The molecule has 80 valence electrons. The molecule has 1 aliphatic heterocycles. The number of hydrogen-bond acceptors (Lipinski definition) is 4. The molecule has 0 saturated heterocycles. The van der Waals surface area contributed by atoms with Crippen LogP contribution in [0.15, 0.2) is 24.2 Å². The number of Topliss-reactive ketones (excluding diaryl/α,β-unsaturated/α-hetero) is 1. The van der Waals surface area contributed by atoms with Gasteiger partial charge in [-0.15, -0.1) is 0 Å². The van der Waals surface area contributed by atoms with E-state index in [0.717, 1.165) is 6.42 Å². The summed E-state index contributed by atoms with van der Waals surface area (Å²) >= 11 is 0. The van der Waals surface area contributed by atoms with Gasteiger partial charge in [0.15, 0.2) is 5.76 Å². The van der Waals surface area contributed by atoms with Crippen LogP contribution in [0, 0.1) is 0 Å². The summed E-state index contributed by atoms with van der Waals surface area (Å²) in [4.78, 5) is 11.8. The zero-order valence-corrected chi connectivity index (χ0v) is 8.51. The zero-order chi connectivity index (χ0) is 10.8. The fraction of sp³-hybridized carbons (Fsp3) is 0.400. The fourth-order valence-corrected chi connectivity index (χ4v) is 1.49. The van der Waals surface area contributed by atoms with Gasteiger partial charge in [0.25, 0.3) is 0 Å². The minimum atomic E-state index is -0.678. The van der Waals surface area contributed by atoms with E-state index in [1.54, 1.807) is 30.2 Å². The molecule has 5 nitrogen and oxygen atoms in total. The number of carbonyl (C=O) groups excluding carboxylic acids is 1. The molecule has 2 heterocycles. The van der Waals surface area contributed by atoms with E-state index < -0.39 is 6.04 Å². The summed E-state index contributed by atoms with van der Waals surface area (Å²) in [5.41, 5.74) is 6.52. The van der Waals surface area contributed by atoms with Crippen LogP contribution < -0.4 is 5.73 Å². The monoisotopic (exact) mass is 207 g/mol. The van der Waals surface area contributed by atoms with E-state index in [9.17, 15) is 4.79 Å². The van der Waals surface area contributed by atoms with Crippen molar-refractivity contribution in [1.29, 1.82) is 0 Å². The van der Waals surface area contributed by atoms with E-state index in [4.69, 9.17) is 10.5 Å². The van der Waals surface area contributed by atoms with Crippen LogP contribution in [0.25, 0.3) is 0 Å². The number of hydrogen-bond donors (Lipinski definition) is 1. The Balaban J connectivity index is 2.13. The van der Waals surface area contributed by atoms with Crippen molar-refractivity contribution in [3.8, 4) is 0 Å². The summed E-state index contributed by atoms with van der Waals surface area (Å²) in [5.74, 6) is 0.201. The SMILES string of the molecule is Cn1cc(C(N)C(=O)C2=CCCO2)cn1. The molecule has 1 atom stereocenters. The third-order valence-electron chi connectivity index (χ3n) is 2.31. The number of aromatic nitrogens is 2. The molecule has 2 rings (SSSR count). The Morgan fingerprint density at radius 2 is 2.53 bits per heavy atom. The van der Waals surface area contributed by atoms with Gasteiger partial charge in [-0.2, -0.15) is 5.10 Å². The van der Waals surface area contributed by atoms with Crippen LogP contribution in [0.5, 0.6) is 0 Å². The van der Waals surface area contributed by atoms with Crippen LogP contribution in [0.1, 0.15) is 18.0 Å². The quantitative estimate of drug-likeness (QED) is 0.773. The van der Waals surface area contributed by atoms with Crippen molar-refractivity contribution in [3.63, 3.8) is 0 Å². The van der Waals surface area contributed by atoms with Gasteiger partial charge in [0.05, 0.1) is 12.8 Å². The fourth-order valence-electron chi connectivity index (χ4n) is 1.49.